The number of allylic oxidation sites excluding steroid dienone is 5. The molecule has 34 heavy (non-hydrogen) atoms. The summed E-state index contributed by atoms with van der Waals surface area (Å²) < 4.78 is 17.4. The van der Waals surface area contributed by atoms with Crippen molar-refractivity contribution in [3.05, 3.63) is 82.8 Å². The Morgan fingerprint density at radius 1 is 0.971 bits per heavy atom. The zero-order valence-corrected chi connectivity index (χ0v) is 21.2. The highest BCUT2D eigenvalue weighted by Gasteiger charge is 2.12. The van der Waals surface area contributed by atoms with Crippen LogP contribution in [-0.4, -0.2) is 26.4 Å². The normalized spacial score (nSPS) is 13.1. The molecule has 2 aromatic carbocycles. The van der Waals surface area contributed by atoms with Gasteiger partial charge in [-0.25, -0.2) is 0 Å². The van der Waals surface area contributed by atoms with Crippen LogP contribution in [0.15, 0.2) is 72.3 Å². The molecule has 0 saturated heterocycles. The predicted molar refractivity (Wildman–Crippen MR) is 143 cm³/mol. The third-order valence-electron chi connectivity index (χ3n) is 5.60. The molecule has 0 aliphatic heterocycles. The minimum Gasteiger partial charge on any atom is -0.493 e. The zero-order chi connectivity index (χ0) is 24.3. The lowest BCUT2D eigenvalue weighted by molar-refractivity contribution is 0.171. The Balaban J connectivity index is 1.43. The van der Waals surface area contributed by atoms with Crippen LogP contribution in [0.5, 0.6) is 17.2 Å². The second-order valence-corrected chi connectivity index (χ2v) is 9.24. The molecule has 0 aliphatic rings. The number of benzene rings is 2. The molecule has 3 rings (SSSR count). The van der Waals surface area contributed by atoms with Crippen LogP contribution in [0.3, 0.4) is 0 Å². The molecule has 0 aliphatic carbocycles. The number of fused-ring (bicyclic) bond motifs is 1. The van der Waals surface area contributed by atoms with Crippen molar-refractivity contribution >= 4 is 27.5 Å². The van der Waals surface area contributed by atoms with Crippen LogP contribution < -0.4 is 14.2 Å². The SMILES string of the molecule is COc1cc(/C=C\CCC=CC=C(C)CCC(O)c2cc3ccccc3s2)cc(OC)c1OC. The van der Waals surface area contributed by atoms with Crippen molar-refractivity contribution in [1.82, 2.24) is 0 Å². The molecule has 180 valence electrons. The minimum atomic E-state index is -0.412. The van der Waals surface area contributed by atoms with E-state index >= 15 is 0 Å². The van der Waals surface area contributed by atoms with Gasteiger partial charge in [0.15, 0.2) is 11.5 Å². The summed E-state index contributed by atoms with van der Waals surface area (Å²) in [6.07, 6.45) is 13.7. The zero-order valence-electron chi connectivity index (χ0n) is 20.4. The van der Waals surface area contributed by atoms with Gasteiger partial charge in [0.25, 0.3) is 0 Å². The Morgan fingerprint density at radius 3 is 2.35 bits per heavy atom. The second kappa shape index (κ2) is 13.0. The quantitative estimate of drug-likeness (QED) is 0.214. The Bertz CT molecular complexity index is 1100. The summed E-state index contributed by atoms with van der Waals surface area (Å²) in [6.45, 7) is 2.12. The van der Waals surface area contributed by atoms with Crippen LogP contribution in [0.4, 0.5) is 0 Å². The average Bonchev–Trinajstić information content (AvgIpc) is 3.30. The first kappa shape index (κ1) is 25.6. The predicted octanol–water partition coefficient (Wildman–Crippen LogP) is 7.74. The Labute approximate surface area is 206 Å². The number of hydrogen-bond donors (Lipinski definition) is 1. The number of aliphatic hydroxyl groups excluding tert-OH is 1. The number of unbranched alkanes of at least 4 members (excludes halogenated alkanes) is 1. The van der Waals surface area contributed by atoms with E-state index in [-0.39, 0.29) is 0 Å². The van der Waals surface area contributed by atoms with Crippen LogP contribution in [0.1, 0.15) is 49.2 Å². The van der Waals surface area contributed by atoms with Gasteiger partial charge in [-0.2, -0.15) is 0 Å². The van der Waals surface area contributed by atoms with Crippen LogP contribution >= 0.6 is 11.3 Å². The molecule has 1 atom stereocenters. The Morgan fingerprint density at radius 2 is 1.68 bits per heavy atom. The van der Waals surface area contributed by atoms with Gasteiger partial charge in [0.05, 0.1) is 27.4 Å². The molecule has 1 aromatic heterocycles. The maximum atomic E-state index is 10.6. The lowest BCUT2D eigenvalue weighted by Crippen LogP contribution is -1.95. The molecule has 0 spiro atoms. The maximum absolute atomic E-state index is 10.6. The molecule has 0 amide bonds. The van der Waals surface area contributed by atoms with E-state index in [1.807, 2.05) is 24.3 Å². The summed E-state index contributed by atoms with van der Waals surface area (Å²) in [4.78, 5) is 1.04. The fraction of sp³-hybridized carbons (Fsp3) is 0.310. The number of hydrogen-bond acceptors (Lipinski definition) is 5. The third-order valence-corrected chi connectivity index (χ3v) is 6.82. The van der Waals surface area contributed by atoms with Crippen molar-refractivity contribution < 1.29 is 19.3 Å². The molecule has 1 unspecified atom stereocenters. The van der Waals surface area contributed by atoms with Gasteiger partial charge < -0.3 is 19.3 Å². The van der Waals surface area contributed by atoms with E-state index in [0.29, 0.717) is 17.2 Å². The third kappa shape index (κ3) is 6.99. The van der Waals surface area contributed by atoms with Crippen LogP contribution in [0.25, 0.3) is 16.2 Å². The summed E-state index contributed by atoms with van der Waals surface area (Å²) in [5.41, 5.74) is 2.27. The molecule has 1 heterocycles. The van der Waals surface area contributed by atoms with E-state index in [0.717, 1.165) is 36.1 Å². The molecule has 0 saturated carbocycles. The molecule has 5 heteroatoms. The average molecular weight is 479 g/mol. The number of thiophene rings is 1. The van der Waals surface area contributed by atoms with Gasteiger partial charge in [-0.15, -0.1) is 11.3 Å². The summed E-state index contributed by atoms with van der Waals surface area (Å²) in [7, 11) is 4.84. The van der Waals surface area contributed by atoms with E-state index in [1.165, 1.54) is 15.7 Å². The Hall–Kier alpha value is -3.02. The molecule has 4 nitrogen and oxygen atoms in total. The van der Waals surface area contributed by atoms with Crippen molar-refractivity contribution in [2.75, 3.05) is 21.3 Å². The number of ether oxygens (including phenoxy) is 3. The first-order chi connectivity index (χ1) is 16.5. The summed E-state index contributed by atoms with van der Waals surface area (Å²) in [5, 5.41) is 11.8. The summed E-state index contributed by atoms with van der Waals surface area (Å²) in [6, 6.07) is 14.3. The molecular formula is C29H34O4S. The molecular weight excluding hydrogens is 444 g/mol. The van der Waals surface area contributed by atoms with Crippen LogP contribution in [-0.2, 0) is 0 Å². The van der Waals surface area contributed by atoms with Crippen molar-refractivity contribution in [2.45, 2.75) is 38.7 Å². The van der Waals surface area contributed by atoms with E-state index in [1.54, 1.807) is 32.7 Å². The number of aliphatic hydroxyl groups is 1. The molecule has 1 N–H and O–H groups in total. The second-order valence-electron chi connectivity index (χ2n) is 8.12. The van der Waals surface area contributed by atoms with Gasteiger partial charge in [-0.3, -0.25) is 0 Å². The van der Waals surface area contributed by atoms with Crippen molar-refractivity contribution in [3.8, 4) is 17.2 Å². The lowest BCUT2D eigenvalue weighted by Gasteiger charge is -2.12. The minimum absolute atomic E-state index is 0.412. The highest BCUT2D eigenvalue weighted by molar-refractivity contribution is 7.19. The largest absolute Gasteiger partial charge is 0.493 e. The standard InChI is InChI=1S/C29H34O4S/c1-21(16-17-24(30)28-20-23-14-10-11-15-27(23)34-28)12-8-6-5-7-9-13-22-18-25(31-2)29(33-4)26(19-22)32-3/h6,8-15,18-20,24,30H,5,7,16-17H2,1-4H3/b8-6?,13-9-,21-12?. The van der Waals surface area contributed by atoms with Gasteiger partial charge in [0, 0.05) is 9.58 Å². The maximum Gasteiger partial charge on any atom is 0.203 e. The van der Waals surface area contributed by atoms with Crippen molar-refractivity contribution in [3.63, 3.8) is 0 Å². The molecule has 3 aromatic rings. The first-order valence-corrected chi connectivity index (χ1v) is 12.3. The molecule has 0 bridgehead atoms. The summed E-state index contributed by atoms with van der Waals surface area (Å²) in [5.74, 6) is 1.91. The molecule has 0 fully saturated rings. The van der Waals surface area contributed by atoms with Crippen LogP contribution in [0, 0.1) is 0 Å². The smallest absolute Gasteiger partial charge is 0.203 e. The summed E-state index contributed by atoms with van der Waals surface area (Å²) >= 11 is 1.68. The number of methoxy groups -OCH3 is 3. The monoisotopic (exact) mass is 478 g/mol. The van der Waals surface area contributed by atoms with Gasteiger partial charge in [-0.1, -0.05) is 54.2 Å². The van der Waals surface area contributed by atoms with E-state index < -0.39 is 6.10 Å². The van der Waals surface area contributed by atoms with Gasteiger partial charge in [0.1, 0.15) is 0 Å². The topological polar surface area (TPSA) is 47.9 Å². The van der Waals surface area contributed by atoms with E-state index in [2.05, 4.69) is 55.5 Å². The Kier molecular flexibility index (Phi) is 9.80. The van der Waals surface area contributed by atoms with Gasteiger partial charge >= 0.3 is 0 Å². The lowest BCUT2D eigenvalue weighted by atomic mass is 10.1. The molecule has 0 radical (unpaired) electrons. The number of rotatable bonds is 12. The fourth-order valence-electron chi connectivity index (χ4n) is 3.69. The van der Waals surface area contributed by atoms with E-state index in [9.17, 15) is 5.11 Å². The highest BCUT2D eigenvalue weighted by atomic mass is 32.1. The van der Waals surface area contributed by atoms with Crippen LogP contribution in [0.2, 0.25) is 0 Å². The first-order valence-electron chi connectivity index (χ1n) is 11.5. The van der Waals surface area contributed by atoms with Gasteiger partial charge in [-0.05, 0) is 67.8 Å². The van der Waals surface area contributed by atoms with Crippen molar-refractivity contribution in [1.29, 1.82) is 0 Å². The van der Waals surface area contributed by atoms with E-state index in [4.69, 9.17) is 14.2 Å². The fourth-order valence-corrected chi connectivity index (χ4v) is 4.78. The van der Waals surface area contributed by atoms with Gasteiger partial charge in [0.2, 0.25) is 5.75 Å². The van der Waals surface area contributed by atoms with Crippen molar-refractivity contribution in [2.24, 2.45) is 0 Å². The highest BCUT2D eigenvalue weighted by Crippen LogP contribution is 2.38.